The minimum atomic E-state index is -0.182. The Morgan fingerprint density at radius 3 is 2.68 bits per heavy atom. The lowest BCUT2D eigenvalue weighted by Gasteiger charge is -2.28. The number of nitrogens with zero attached hydrogens (tertiary/aromatic N) is 3. The number of nitrogens with one attached hydrogen (secondary N) is 1. The maximum Gasteiger partial charge on any atom is 0.294 e. The first-order chi connectivity index (χ1) is 15.2. The van der Waals surface area contributed by atoms with E-state index in [4.69, 9.17) is 9.47 Å². The van der Waals surface area contributed by atoms with Crippen molar-refractivity contribution in [2.75, 3.05) is 38.3 Å². The molecular formula is C23H26N4O4. The van der Waals surface area contributed by atoms with E-state index in [9.17, 15) is 9.59 Å². The zero-order chi connectivity index (χ0) is 21.6. The zero-order valence-corrected chi connectivity index (χ0v) is 17.5. The van der Waals surface area contributed by atoms with Crippen molar-refractivity contribution in [1.82, 2.24) is 14.9 Å². The monoisotopic (exact) mass is 422 g/mol. The number of rotatable bonds is 7. The van der Waals surface area contributed by atoms with Gasteiger partial charge in [0.1, 0.15) is 5.75 Å². The van der Waals surface area contributed by atoms with E-state index in [2.05, 4.69) is 10.3 Å². The summed E-state index contributed by atoms with van der Waals surface area (Å²) in [6.45, 7) is 3.03. The van der Waals surface area contributed by atoms with Gasteiger partial charge in [-0.15, -0.1) is 0 Å². The molecule has 2 heterocycles. The van der Waals surface area contributed by atoms with E-state index in [0.29, 0.717) is 38.7 Å². The molecule has 0 atom stereocenters. The van der Waals surface area contributed by atoms with Gasteiger partial charge in [-0.1, -0.05) is 30.3 Å². The lowest BCUT2D eigenvalue weighted by Crippen LogP contribution is -2.41. The third kappa shape index (κ3) is 4.69. The van der Waals surface area contributed by atoms with E-state index in [-0.39, 0.29) is 24.4 Å². The highest BCUT2D eigenvalue weighted by molar-refractivity contribution is 5.78. The zero-order valence-electron chi connectivity index (χ0n) is 17.5. The molecule has 1 fully saturated rings. The molecule has 8 nitrogen and oxygen atoms in total. The van der Waals surface area contributed by atoms with Crippen molar-refractivity contribution in [1.29, 1.82) is 0 Å². The number of methoxy groups -OCH3 is 1. The molecule has 0 aliphatic carbocycles. The standard InChI is InChI=1S/C23H26N4O4/c1-30-20-9-5-2-6-17(20)16-24-21(28)10-11-27-19-8-4-3-7-18(19)25-22(23(27)29)26-12-14-31-15-13-26/h2-9H,10-16H2,1H3,(H,24,28). The number of aromatic nitrogens is 2. The van der Waals surface area contributed by atoms with Gasteiger partial charge in [-0.2, -0.15) is 0 Å². The van der Waals surface area contributed by atoms with Crippen molar-refractivity contribution in [3.63, 3.8) is 0 Å². The first-order valence-corrected chi connectivity index (χ1v) is 10.4. The van der Waals surface area contributed by atoms with Crippen LogP contribution in [0.3, 0.4) is 0 Å². The van der Waals surface area contributed by atoms with Gasteiger partial charge < -0.3 is 24.3 Å². The quantitative estimate of drug-likeness (QED) is 0.626. The van der Waals surface area contributed by atoms with Gasteiger partial charge in [-0.25, -0.2) is 4.98 Å². The molecule has 4 rings (SSSR count). The van der Waals surface area contributed by atoms with Crippen LogP contribution < -0.4 is 20.5 Å². The van der Waals surface area contributed by atoms with Gasteiger partial charge >= 0.3 is 0 Å². The number of carbonyl (C=O) groups is 1. The van der Waals surface area contributed by atoms with Crippen LogP contribution in [-0.4, -0.2) is 48.9 Å². The number of hydrogen-bond donors (Lipinski definition) is 1. The fourth-order valence-electron chi connectivity index (χ4n) is 3.73. The molecule has 0 bridgehead atoms. The molecule has 0 radical (unpaired) electrons. The van der Waals surface area contributed by atoms with E-state index >= 15 is 0 Å². The van der Waals surface area contributed by atoms with Crippen LogP contribution in [0.1, 0.15) is 12.0 Å². The van der Waals surface area contributed by atoms with E-state index < -0.39 is 0 Å². The van der Waals surface area contributed by atoms with Crippen molar-refractivity contribution < 1.29 is 14.3 Å². The van der Waals surface area contributed by atoms with Crippen molar-refractivity contribution in [2.24, 2.45) is 0 Å². The molecule has 2 aromatic carbocycles. The Kier molecular flexibility index (Phi) is 6.47. The number of anilines is 1. The Balaban J connectivity index is 1.51. The summed E-state index contributed by atoms with van der Waals surface area (Å²) in [6, 6.07) is 15.1. The average Bonchev–Trinajstić information content (AvgIpc) is 2.82. The largest absolute Gasteiger partial charge is 0.496 e. The van der Waals surface area contributed by atoms with Crippen LogP contribution in [-0.2, 0) is 22.6 Å². The number of hydrogen-bond acceptors (Lipinski definition) is 6. The molecule has 1 amide bonds. The van der Waals surface area contributed by atoms with Crippen LogP contribution in [0.4, 0.5) is 5.82 Å². The van der Waals surface area contributed by atoms with E-state index in [1.165, 1.54) is 0 Å². The van der Waals surface area contributed by atoms with Crippen LogP contribution >= 0.6 is 0 Å². The van der Waals surface area contributed by atoms with Crippen LogP contribution in [0.5, 0.6) is 5.75 Å². The molecule has 0 saturated carbocycles. The first-order valence-electron chi connectivity index (χ1n) is 10.4. The highest BCUT2D eigenvalue weighted by Crippen LogP contribution is 2.17. The fraction of sp³-hybridized carbons (Fsp3) is 0.348. The number of para-hydroxylation sites is 3. The second kappa shape index (κ2) is 9.61. The molecule has 31 heavy (non-hydrogen) atoms. The summed E-state index contributed by atoms with van der Waals surface area (Å²) in [7, 11) is 1.60. The van der Waals surface area contributed by atoms with Crippen molar-refractivity contribution in [2.45, 2.75) is 19.5 Å². The van der Waals surface area contributed by atoms with Gasteiger partial charge in [-0.05, 0) is 18.2 Å². The molecule has 3 aromatic rings. The molecular weight excluding hydrogens is 396 g/mol. The van der Waals surface area contributed by atoms with Crippen molar-refractivity contribution in [3.8, 4) is 5.75 Å². The smallest absolute Gasteiger partial charge is 0.294 e. The predicted octanol–water partition coefficient (Wildman–Crippen LogP) is 1.95. The van der Waals surface area contributed by atoms with Gasteiger partial charge in [0.2, 0.25) is 5.91 Å². The summed E-state index contributed by atoms with van der Waals surface area (Å²) in [5.41, 5.74) is 2.18. The number of aryl methyl sites for hydroxylation is 1. The Morgan fingerprint density at radius 1 is 1.13 bits per heavy atom. The number of amides is 1. The maximum absolute atomic E-state index is 13.2. The molecule has 0 spiro atoms. The minimum absolute atomic E-state index is 0.133. The van der Waals surface area contributed by atoms with E-state index in [1.54, 1.807) is 11.7 Å². The topological polar surface area (TPSA) is 85.7 Å². The maximum atomic E-state index is 13.2. The Morgan fingerprint density at radius 2 is 1.87 bits per heavy atom. The fourth-order valence-corrected chi connectivity index (χ4v) is 3.73. The third-order valence-corrected chi connectivity index (χ3v) is 5.38. The molecule has 162 valence electrons. The molecule has 1 N–H and O–H groups in total. The molecule has 0 unspecified atom stereocenters. The summed E-state index contributed by atoms with van der Waals surface area (Å²) in [5.74, 6) is 1.01. The molecule has 1 saturated heterocycles. The van der Waals surface area contributed by atoms with Gasteiger partial charge in [0.25, 0.3) is 5.56 Å². The van der Waals surface area contributed by atoms with Crippen molar-refractivity contribution in [3.05, 3.63) is 64.4 Å². The number of ether oxygens (including phenoxy) is 2. The Bertz CT molecular complexity index is 1120. The number of morpholine rings is 1. The Hall–Kier alpha value is -3.39. The summed E-state index contributed by atoms with van der Waals surface area (Å²) in [5, 5.41) is 2.91. The number of carbonyl (C=O) groups excluding carboxylic acids is 1. The van der Waals surface area contributed by atoms with Crippen LogP contribution in [0.25, 0.3) is 11.0 Å². The highest BCUT2D eigenvalue weighted by Gasteiger charge is 2.19. The summed E-state index contributed by atoms with van der Waals surface area (Å²) < 4.78 is 12.4. The lowest BCUT2D eigenvalue weighted by atomic mass is 10.2. The summed E-state index contributed by atoms with van der Waals surface area (Å²) in [6.07, 6.45) is 0.186. The highest BCUT2D eigenvalue weighted by atomic mass is 16.5. The molecule has 1 aromatic heterocycles. The van der Waals surface area contributed by atoms with Gasteiger partial charge in [0, 0.05) is 38.2 Å². The molecule has 1 aliphatic rings. The molecule has 1 aliphatic heterocycles. The van der Waals surface area contributed by atoms with Gasteiger partial charge in [0.05, 0.1) is 31.4 Å². The van der Waals surface area contributed by atoms with E-state index in [0.717, 1.165) is 22.3 Å². The first kappa shape index (κ1) is 20.9. The lowest BCUT2D eigenvalue weighted by molar-refractivity contribution is -0.121. The van der Waals surface area contributed by atoms with Crippen molar-refractivity contribution >= 4 is 22.8 Å². The number of benzene rings is 2. The third-order valence-electron chi connectivity index (χ3n) is 5.38. The second-order valence-corrected chi connectivity index (χ2v) is 7.32. The van der Waals surface area contributed by atoms with Gasteiger partial charge in [-0.3, -0.25) is 9.59 Å². The average molecular weight is 422 g/mol. The normalized spacial score (nSPS) is 13.9. The van der Waals surface area contributed by atoms with Crippen LogP contribution in [0, 0.1) is 0 Å². The molecule has 8 heteroatoms. The Labute approximate surface area is 180 Å². The second-order valence-electron chi connectivity index (χ2n) is 7.32. The predicted molar refractivity (Wildman–Crippen MR) is 118 cm³/mol. The SMILES string of the molecule is COc1ccccc1CNC(=O)CCn1c(=O)c(N2CCOCC2)nc2ccccc21. The van der Waals surface area contributed by atoms with Gasteiger partial charge in [0.15, 0.2) is 5.82 Å². The van der Waals surface area contributed by atoms with Crippen LogP contribution in [0.15, 0.2) is 53.3 Å². The minimum Gasteiger partial charge on any atom is -0.496 e. The number of fused-ring (bicyclic) bond motifs is 1. The summed E-state index contributed by atoms with van der Waals surface area (Å²) >= 11 is 0. The summed E-state index contributed by atoms with van der Waals surface area (Å²) in [4.78, 5) is 32.3. The van der Waals surface area contributed by atoms with Crippen LogP contribution in [0.2, 0.25) is 0 Å². The van der Waals surface area contributed by atoms with E-state index in [1.807, 2.05) is 53.4 Å².